The summed E-state index contributed by atoms with van der Waals surface area (Å²) >= 11 is 0. The van der Waals surface area contributed by atoms with Gasteiger partial charge in [-0.1, -0.05) is 133 Å². The molecular formula is C54H34N2O. The minimum Gasteiger partial charge on any atom is -0.484 e. The van der Waals surface area contributed by atoms with Crippen LogP contribution in [0.2, 0.25) is 0 Å². The minimum atomic E-state index is 0.0446. The summed E-state index contributed by atoms with van der Waals surface area (Å²) in [5, 5.41) is 12.5. The molecule has 13 rings (SSSR count). The normalized spacial score (nSPS) is 16.1. The highest BCUT2D eigenvalue weighted by Crippen LogP contribution is 2.48. The summed E-state index contributed by atoms with van der Waals surface area (Å²) in [6.45, 7) is 0. The molecule has 3 heterocycles. The minimum absolute atomic E-state index is 0.0446. The number of allylic oxidation sites excluding steroid dienone is 2. The number of hydrogen-bond acceptors (Lipinski definition) is 1. The van der Waals surface area contributed by atoms with Crippen molar-refractivity contribution in [3.05, 3.63) is 200 Å². The Morgan fingerprint density at radius 1 is 0.368 bits per heavy atom. The van der Waals surface area contributed by atoms with E-state index in [0.717, 1.165) is 22.7 Å². The largest absolute Gasteiger partial charge is 0.484 e. The van der Waals surface area contributed by atoms with Crippen LogP contribution in [-0.2, 0) is 0 Å². The molecule has 2 unspecified atom stereocenters. The zero-order valence-electron chi connectivity index (χ0n) is 30.9. The molecule has 0 amide bonds. The standard InChI is InChI=1S/C54H34N2O/c1-2-13-38-37(12-1)39-27-24-33(36-18-11-19-45-44-17-6-10-23-53(44)57-54(36)45)30-46(39)47-31-34(25-28-40(38)47)56-51-22-9-5-16-43(51)48-32-35(26-29-52(48)56)55-49-20-7-3-14-41(49)42-15-4-8-21-50(42)55/h1-32,44,53H. The first kappa shape index (κ1) is 30.9. The summed E-state index contributed by atoms with van der Waals surface area (Å²) < 4.78 is 11.5. The van der Waals surface area contributed by atoms with Crippen LogP contribution in [0.1, 0.15) is 11.5 Å². The molecule has 57 heavy (non-hydrogen) atoms. The fourth-order valence-electron chi connectivity index (χ4n) is 10.1. The summed E-state index contributed by atoms with van der Waals surface area (Å²) in [5.41, 5.74) is 10.7. The molecule has 1 aliphatic heterocycles. The third-order valence-corrected chi connectivity index (χ3v) is 12.6. The van der Waals surface area contributed by atoms with Gasteiger partial charge in [-0.2, -0.15) is 0 Å². The SMILES string of the molecule is C1=CC2Oc3c(-c4ccc5c6ccccc6c6ccc(-n7c8ccccc8c8cc(-n9c%10ccccc%10c%10ccccc%109)ccc87)cc6c5c4)cccc3C2C=C1. The van der Waals surface area contributed by atoms with Crippen molar-refractivity contribution in [2.75, 3.05) is 0 Å². The lowest BCUT2D eigenvalue weighted by Gasteiger charge is -2.16. The molecule has 2 aliphatic rings. The van der Waals surface area contributed by atoms with Crippen molar-refractivity contribution >= 4 is 75.9 Å². The van der Waals surface area contributed by atoms with E-state index in [1.165, 1.54) is 87.1 Å². The third kappa shape index (κ3) is 4.31. The predicted molar refractivity (Wildman–Crippen MR) is 239 cm³/mol. The van der Waals surface area contributed by atoms with Crippen LogP contribution in [0.5, 0.6) is 5.75 Å². The average molecular weight is 727 g/mol. The Balaban J connectivity index is 1.04. The Morgan fingerprint density at radius 2 is 0.877 bits per heavy atom. The van der Waals surface area contributed by atoms with Crippen LogP contribution in [0.3, 0.4) is 0 Å². The molecule has 0 spiro atoms. The molecule has 2 atom stereocenters. The number of para-hydroxylation sites is 4. The second-order valence-corrected chi connectivity index (χ2v) is 15.6. The van der Waals surface area contributed by atoms with E-state index in [4.69, 9.17) is 4.74 Å². The Bertz CT molecular complexity index is 3520. The zero-order valence-corrected chi connectivity index (χ0v) is 30.9. The fourth-order valence-corrected chi connectivity index (χ4v) is 10.1. The molecule has 1 aliphatic carbocycles. The van der Waals surface area contributed by atoms with E-state index >= 15 is 0 Å². The van der Waals surface area contributed by atoms with E-state index in [2.05, 4.69) is 203 Å². The molecule has 0 radical (unpaired) electrons. The van der Waals surface area contributed by atoms with E-state index in [0.29, 0.717) is 0 Å². The van der Waals surface area contributed by atoms with Crippen molar-refractivity contribution in [2.24, 2.45) is 0 Å². The second kappa shape index (κ2) is 11.6. The first-order valence-electron chi connectivity index (χ1n) is 19.8. The molecule has 0 bridgehead atoms. The lowest BCUT2D eigenvalue weighted by atomic mass is 9.89. The fraction of sp³-hybridized carbons (Fsp3) is 0.0370. The quantitative estimate of drug-likeness (QED) is 0.166. The van der Waals surface area contributed by atoms with Crippen LogP contribution in [0.15, 0.2) is 194 Å². The third-order valence-electron chi connectivity index (χ3n) is 12.6. The molecule has 0 N–H and O–H groups in total. The van der Waals surface area contributed by atoms with Crippen molar-refractivity contribution in [1.82, 2.24) is 9.13 Å². The van der Waals surface area contributed by atoms with Crippen molar-refractivity contribution in [2.45, 2.75) is 12.0 Å². The van der Waals surface area contributed by atoms with Gasteiger partial charge in [0.1, 0.15) is 11.9 Å². The van der Waals surface area contributed by atoms with Gasteiger partial charge in [0, 0.05) is 50.0 Å². The van der Waals surface area contributed by atoms with E-state index < -0.39 is 0 Å². The summed E-state index contributed by atoms with van der Waals surface area (Å²) in [5.74, 6) is 1.25. The highest BCUT2D eigenvalue weighted by Gasteiger charge is 2.33. The molecular weight excluding hydrogens is 693 g/mol. The topological polar surface area (TPSA) is 19.1 Å². The van der Waals surface area contributed by atoms with Crippen molar-refractivity contribution < 1.29 is 4.74 Å². The summed E-state index contributed by atoms with van der Waals surface area (Å²) in [6.07, 6.45) is 8.72. The van der Waals surface area contributed by atoms with Gasteiger partial charge in [0.05, 0.1) is 22.1 Å². The Kier molecular flexibility index (Phi) is 6.28. The molecule has 266 valence electrons. The molecule has 9 aromatic carbocycles. The first-order valence-corrected chi connectivity index (χ1v) is 19.8. The maximum Gasteiger partial charge on any atom is 0.132 e. The van der Waals surface area contributed by atoms with Gasteiger partial charge in [-0.05, 0) is 98.6 Å². The number of hydrogen-bond donors (Lipinski definition) is 0. The lowest BCUT2D eigenvalue weighted by Crippen LogP contribution is -2.15. The Hall–Kier alpha value is -7.36. The number of fused-ring (bicyclic) bond motifs is 15. The van der Waals surface area contributed by atoms with Gasteiger partial charge in [-0.25, -0.2) is 0 Å². The predicted octanol–water partition coefficient (Wildman–Crippen LogP) is 14.0. The number of benzene rings is 9. The summed E-state index contributed by atoms with van der Waals surface area (Å²) in [7, 11) is 0. The highest BCUT2D eigenvalue weighted by atomic mass is 16.5. The maximum atomic E-state index is 6.65. The van der Waals surface area contributed by atoms with Crippen LogP contribution in [0.25, 0.3) is 98.4 Å². The second-order valence-electron chi connectivity index (χ2n) is 15.6. The van der Waals surface area contributed by atoms with Crippen molar-refractivity contribution in [1.29, 1.82) is 0 Å². The molecule has 3 heteroatoms. The highest BCUT2D eigenvalue weighted by molar-refractivity contribution is 6.26. The van der Waals surface area contributed by atoms with Gasteiger partial charge in [-0.15, -0.1) is 0 Å². The maximum absolute atomic E-state index is 6.65. The van der Waals surface area contributed by atoms with Crippen LogP contribution in [0, 0.1) is 0 Å². The van der Waals surface area contributed by atoms with Crippen molar-refractivity contribution in [3.8, 4) is 28.3 Å². The van der Waals surface area contributed by atoms with Gasteiger partial charge in [-0.3, -0.25) is 0 Å². The molecule has 3 nitrogen and oxygen atoms in total. The van der Waals surface area contributed by atoms with Crippen LogP contribution in [0.4, 0.5) is 0 Å². The summed E-state index contributed by atoms with van der Waals surface area (Å²) in [6, 6.07) is 62.8. The van der Waals surface area contributed by atoms with Crippen LogP contribution >= 0.6 is 0 Å². The lowest BCUT2D eigenvalue weighted by molar-refractivity contribution is 0.270. The molecule has 11 aromatic rings. The zero-order chi connectivity index (χ0) is 37.2. The van der Waals surface area contributed by atoms with E-state index in [1.54, 1.807) is 0 Å². The van der Waals surface area contributed by atoms with Crippen LogP contribution in [-0.4, -0.2) is 15.2 Å². The number of ether oxygens (including phenoxy) is 1. The first-order chi connectivity index (χ1) is 28.3. The average Bonchev–Trinajstić information content (AvgIpc) is 3.94. The van der Waals surface area contributed by atoms with E-state index in [-0.39, 0.29) is 12.0 Å². The van der Waals surface area contributed by atoms with Crippen molar-refractivity contribution in [3.63, 3.8) is 0 Å². The number of rotatable bonds is 3. The molecule has 0 saturated heterocycles. The van der Waals surface area contributed by atoms with Gasteiger partial charge >= 0.3 is 0 Å². The monoisotopic (exact) mass is 726 g/mol. The van der Waals surface area contributed by atoms with Gasteiger partial charge in [0.2, 0.25) is 0 Å². The van der Waals surface area contributed by atoms with Gasteiger partial charge in [0.15, 0.2) is 0 Å². The van der Waals surface area contributed by atoms with Crippen LogP contribution < -0.4 is 4.74 Å². The summed E-state index contributed by atoms with van der Waals surface area (Å²) in [4.78, 5) is 0. The molecule has 2 aromatic heterocycles. The Labute approximate surface area is 328 Å². The van der Waals surface area contributed by atoms with E-state index in [1.807, 2.05) is 0 Å². The van der Waals surface area contributed by atoms with Gasteiger partial charge in [0.25, 0.3) is 0 Å². The number of aromatic nitrogens is 2. The molecule has 0 fully saturated rings. The molecule has 0 saturated carbocycles. The van der Waals surface area contributed by atoms with Gasteiger partial charge < -0.3 is 13.9 Å². The number of nitrogens with zero attached hydrogens (tertiary/aromatic N) is 2. The Morgan fingerprint density at radius 3 is 1.56 bits per heavy atom. The van der Waals surface area contributed by atoms with E-state index in [9.17, 15) is 0 Å². The smallest absolute Gasteiger partial charge is 0.132 e.